The molecule has 0 spiro atoms. The number of anilines is 2. The molecule has 5 rings (SSSR count). The maximum atomic E-state index is 12.9. The number of hydrogen-bond donors (Lipinski definition) is 1. The fourth-order valence-corrected chi connectivity index (χ4v) is 5.82. The minimum absolute atomic E-state index is 0.0606. The van der Waals surface area contributed by atoms with Crippen LogP contribution in [0.15, 0.2) is 76.1 Å². The number of nitrogens with one attached hydrogen (secondary N) is 1. The van der Waals surface area contributed by atoms with Crippen LogP contribution in [0.25, 0.3) is 0 Å². The molecule has 37 heavy (non-hydrogen) atoms. The predicted molar refractivity (Wildman–Crippen MR) is 141 cm³/mol. The smallest absolute Gasteiger partial charge is 0.265 e. The zero-order valence-electron chi connectivity index (χ0n) is 19.7. The lowest BCUT2D eigenvalue weighted by molar-refractivity contribution is -0.121. The van der Waals surface area contributed by atoms with E-state index in [0.29, 0.717) is 55.5 Å². The lowest BCUT2D eigenvalue weighted by Gasteiger charge is -2.30. The van der Waals surface area contributed by atoms with Gasteiger partial charge >= 0.3 is 0 Å². The third-order valence-electron chi connectivity index (χ3n) is 6.14. The Kier molecular flexibility index (Phi) is 7.29. The van der Waals surface area contributed by atoms with Crippen LogP contribution in [0.5, 0.6) is 5.75 Å². The normalized spacial score (nSPS) is 16.1. The van der Waals surface area contributed by atoms with Crippen molar-refractivity contribution in [2.45, 2.75) is 11.4 Å². The van der Waals surface area contributed by atoms with Gasteiger partial charge in [0.05, 0.1) is 30.3 Å². The minimum atomic E-state index is -3.65. The molecule has 2 heterocycles. The fourth-order valence-electron chi connectivity index (χ4n) is 4.14. The van der Waals surface area contributed by atoms with Crippen molar-refractivity contribution in [3.05, 3.63) is 82.3 Å². The van der Waals surface area contributed by atoms with Gasteiger partial charge < -0.3 is 19.7 Å². The number of carbonyl (C=O) groups excluding carboxylic acids is 2. The average Bonchev–Trinajstić information content (AvgIpc) is 2.92. The van der Waals surface area contributed by atoms with E-state index in [4.69, 9.17) is 9.47 Å². The van der Waals surface area contributed by atoms with E-state index in [1.54, 1.807) is 23.1 Å². The van der Waals surface area contributed by atoms with Gasteiger partial charge in [0.2, 0.25) is 10.0 Å². The van der Waals surface area contributed by atoms with E-state index < -0.39 is 15.9 Å². The van der Waals surface area contributed by atoms with Crippen LogP contribution < -0.4 is 15.0 Å². The molecule has 0 atom stereocenters. The van der Waals surface area contributed by atoms with Gasteiger partial charge in [-0.3, -0.25) is 9.59 Å². The second-order valence-corrected chi connectivity index (χ2v) is 11.4. The zero-order valence-corrected chi connectivity index (χ0v) is 22.1. The Morgan fingerprint density at radius 2 is 1.68 bits per heavy atom. The summed E-state index contributed by atoms with van der Waals surface area (Å²) >= 11 is 3.41. The lowest BCUT2D eigenvalue weighted by atomic mass is 10.1. The summed E-state index contributed by atoms with van der Waals surface area (Å²) in [5.41, 5.74) is 2.29. The molecule has 2 amide bonds. The van der Waals surface area contributed by atoms with Gasteiger partial charge in [-0.25, -0.2) is 8.42 Å². The molecule has 0 radical (unpaired) electrons. The van der Waals surface area contributed by atoms with Gasteiger partial charge in [-0.05, 0) is 60.2 Å². The van der Waals surface area contributed by atoms with E-state index in [2.05, 4.69) is 21.2 Å². The molecule has 2 aliphatic rings. The Morgan fingerprint density at radius 1 is 0.973 bits per heavy atom. The summed E-state index contributed by atoms with van der Waals surface area (Å²) in [7, 11) is -3.65. The molecule has 9 nitrogen and oxygen atoms in total. The number of benzene rings is 3. The summed E-state index contributed by atoms with van der Waals surface area (Å²) in [5.74, 6) is -0.0406. The van der Waals surface area contributed by atoms with Gasteiger partial charge in [0.25, 0.3) is 11.8 Å². The molecule has 0 aliphatic carbocycles. The monoisotopic (exact) mass is 585 g/mol. The fraction of sp³-hybridized carbons (Fsp3) is 0.231. The van der Waals surface area contributed by atoms with E-state index in [1.807, 2.05) is 24.3 Å². The number of ether oxygens (including phenoxy) is 2. The van der Waals surface area contributed by atoms with Gasteiger partial charge in [-0.15, -0.1) is 0 Å². The Morgan fingerprint density at radius 3 is 2.38 bits per heavy atom. The van der Waals surface area contributed by atoms with Crippen molar-refractivity contribution in [3.63, 3.8) is 0 Å². The maximum Gasteiger partial charge on any atom is 0.265 e. The number of amides is 2. The largest absolute Gasteiger partial charge is 0.482 e. The lowest BCUT2D eigenvalue weighted by Crippen LogP contribution is -2.40. The molecule has 1 fully saturated rings. The molecule has 1 N–H and O–H groups in total. The molecule has 0 bridgehead atoms. The molecule has 3 aromatic carbocycles. The minimum Gasteiger partial charge on any atom is -0.482 e. The van der Waals surface area contributed by atoms with E-state index in [9.17, 15) is 18.0 Å². The van der Waals surface area contributed by atoms with Crippen molar-refractivity contribution >= 4 is 49.1 Å². The molecule has 3 aromatic rings. The van der Waals surface area contributed by atoms with E-state index in [-0.39, 0.29) is 17.4 Å². The number of halogens is 1. The molecule has 192 valence electrons. The van der Waals surface area contributed by atoms with Gasteiger partial charge in [0.15, 0.2) is 6.61 Å². The summed E-state index contributed by atoms with van der Waals surface area (Å²) in [4.78, 5) is 27.3. The molecule has 1 saturated heterocycles. The molecule has 0 aromatic heterocycles. The van der Waals surface area contributed by atoms with E-state index >= 15 is 0 Å². The van der Waals surface area contributed by atoms with Gasteiger partial charge in [0.1, 0.15) is 5.75 Å². The summed E-state index contributed by atoms with van der Waals surface area (Å²) in [6, 6.07) is 18.6. The second kappa shape index (κ2) is 10.6. The van der Waals surface area contributed by atoms with Crippen molar-refractivity contribution in [2.75, 3.05) is 43.1 Å². The number of carbonyl (C=O) groups is 2. The molecule has 0 saturated carbocycles. The first-order chi connectivity index (χ1) is 17.8. The van der Waals surface area contributed by atoms with Crippen LogP contribution in [0.4, 0.5) is 11.4 Å². The van der Waals surface area contributed by atoms with Gasteiger partial charge in [0, 0.05) is 28.8 Å². The van der Waals surface area contributed by atoms with Crippen molar-refractivity contribution < 1.29 is 27.5 Å². The van der Waals surface area contributed by atoms with E-state index in [1.165, 1.54) is 28.6 Å². The Balaban J connectivity index is 1.32. The van der Waals surface area contributed by atoms with Crippen LogP contribution in [0.2, 0.25) is 0 Å². The number of nitrogens with zero attached hydrogens (tertiary/aromatic N) is 2. The number of sulfonamides is 1. The van der Waals surface area contributed by atoms with Crippen molar-refractivity contribution in [3.8, 4) is 5.75 Å². The highest BCUT2D eigenvalue weighted by molar-refractivity contribution is 9.10. The highest BCUT2D eigenvalue weighted by atomic mass is 79.9. The van der Waals surface area contributed by atoms with Crippen LogP contribution in [0.1, 0.15) is 15.9 Å². The Hall–Kier alpha value is -3.25. The van der Waals surface area contributed by atoms with Crippen LogP contribution in [0.3, 0.4) is 0 Å². The maximum absolute atomic E-state index is 12.9. The Bertz CT molecular complexity index is 1420. The summed E-state index contributed by atoms with van der Waals surface area (Å²) in [6.45, 7) is 1.62. The SMILES string of the molecule is O=C(Nc1ccc2c(c1)N(Cc1ccc(Br)cc1)C(=O)CO2)c1ccc(S(=O)(=O)N2CCOCC2)cc1. The van der Waals surface area contributed by atoms with Crippen molar-refractivity contribution in [1.29, 1.82) is 0 Å². The first kappa shape index (κ1) is 25.4. The summed E-state index contributed by atoms with van der Waals surface area (Å²) in [5, 5.41) is 2.82. The highest BCUT2D eigenvalue weighted by Gasteiger charge is 2.28. The number of morpholine rings is 1. The van der Waals surface area contributed by atoms with Crippen LogP contribution in [0, 0.1) is 0 Å². The first-order valence-electron chi connectivity index (χ1n) is 11.6. The summed E-state index contributed by atoms with van der Waals surface area (Å²) in [6.07, 6.45) is 0. The summed E-state index contributed by atoms with van der Waals surface area (Å²) < 4.78 is 38.8. The van der Waals surface area contributed by atoms with Crippen LogP contribution in [-0.4, -0.2) is 57.4 Å². The highest BCUT2D eigenvalue weighted by Crippen LogP contribution is 2.36. The molecular formula is C26H24BrN3O6S. The van der Waals surface area contributed by atoms with Crippen LogP contribution in [-0.2, 0) is 26.1 Å². The first-order valence-corrected chi connectivity index (χ1v) is 13.9. The second-order valence-electron chi connectivity index (χ2n) is 8.57. The third-order valence-corrected chi connectivity index (χ3v) is 8.58. The topological polar surface area (TPSA) is 105 Å². The number of rotatable bonds is 6. The standard InChI is InChI=1S/C26H24BrN3O6S/c27-20-5-1-18(2-6-20)16-30-23-15-21(7-10-24(23)36-17-25(30)31)28-26(32)19-3-8-22(9-4-19)37(33,34)29-11-13-35-14-12-29/h1-10,15H,11-14,16-17H2,(H,28,32). The quantitative estimate of drug-likeness (QED) is 0.473. The van der Waals surface area contributed by atoms with Gasteiger partial charge in [-0.1, -0.05) is 28.1 Å². The number of hydrogen-bond acceptors (Lipinski definition) is 6. The molecular weight excluding hydrogens is 562 g/mol. The van der Waals surface area contributed by atoms with Crippen molar-refractivity contribution in [2.24, 2.45) is 0 Å². The van der Waals surface area contributed by atoms with Crippen molar-refractivity contribution in [1.82, 2.24) is 4.31 Å². The van der Waals surface area contributed by atoms with E-state index in [0.717, 1.165) is 10.0 Å². The van der Waals surface area contributed by atoms with Gasteiger partial charge in [-0.2, -0.15) is 4.31 Å². The predicted octanol–water partition coefficient (Wildman–Crippen LogP) is 3.65. The number of fused-ring (bicyclic) bond motifs is 1. The zero-order chi connectivity index (χ0) is 26.0. The molecule has 2 aliphatic heterocycles. The average molecular weight is 586 g/mol. The molecule has 0 unspecified atom stereocenters. The van der Waals surface area contributed by atoms with Crippen LogP contribution >= 0.6 is 15.9 Å². The Labute approximate surface area is 223 Å². The molecule has 11 heteroatoms. The third kappa shape index (κ3) is 5.54.